The molecule has 2 N–H and O–H groups in total. The first-order chi connectivity index (χ1) is 9.04. The number of hydrogen-bond acceptors (Lipinski definition) is 2. The van der Waals surface area contributed by atoms with Crippen molar-refractivity contribution < 1.29 is 13.2 Å². The summed E-state index contributed by atoms with van der Waals surface area (Å²) in [6.45, 7) is 7.30. The lowest BCUT2D eigenvalue weighted by Gasteiger charge is -2.33. The van der Waals surface area contributed by atoms with Gasteiger partial charge in [0.05, 0.1) is 5.56 Å². The molecule has 0 fully saturated rings. The molecule has 0 aliphatic rings. The largest absolute Gasteiger partial charge is 0.416 e. The molecule has 0 spiro atoms. The summed E-state index contributed by atoms with van der Waals surface area (Å²) in [5.41, 5.74) is 5.80. The number of likely N-dealkylation sites (N-methyl/N-ethyl adjacent to an activating group) is 1. The van der Waals surface area contributed by atoms with Crippen molar-refractivity contribution in [3.63, 3.8) is 0 Å². The Bertz CT molecular complexity index is 435. The van der Waals surface area contributed by atoms with E-state index >= 15 is 0 Å². The van der Waals surface area contributed by atoms with E-state index in [9.17, 15) is 13.2 Å². The van der Waals surface area contributed by atoms with Gasteiger partial charge >= 0.3 is 6.18 Å². The molecule has 1 aromatic rings. The zero-order chi connectivity index (χ0) is 15.6. The maximum absolute atomic E-state index is 12.8. The van der Waals surface area contributed by atoms with Crippen LogP contribution in [0.25, 0.3) is 0 Å². The van der Waals surface area contributed by atoms with Crippen molar-refractivity contribution in [1.82, 2.24) is 4.90 Å². The fourth-order valence-electron chi connectivity index (χ4n) is 2.35. The van der Waals surface area contributed by atoms with Crippen LogP contribution in [-0.4, -0.2) is 25.0 Å². The van der Waals surface area contributed by atoms with Crippen molar-refractivity contribution in [1.29, 1.82) is 0 Å². The number of alkyl halides is 3. The summed E-state index contributed by atoms with van der Waals surface area (Å²) in [5, 5.41) is 0. The summed E-state index contributed by atoms with van der Waals surface area (Å²) >= 11 is 0. The molecule has 1 rings (SSSR count). The van der Waals surface area contributed by atoms with Crippen molar-refractivity contribution >= 4 is 0 Å². The molecule has 0 radical (unpaired) electrons. The average molecular weight is 288 g/mol. The molecule has 0 aliphatic heterocycles. The number of benzene rings is 1. The fraction of sp³-hybridized carbons (Fsp3) is 0.600. The highest BCUT2D eigenvalue weighted by Crippen LogP contribution is 2.32. The van der Waals surface area contributed by atoms with E-state index in [0.29, 0.717) is 5.56 Å². The van der Waals surface area contributed by atoms with Gasteiger partial charge in [0.15, 0.2) is 0 Å². The molecule has 0 heterocycles. The topological polar surface area (TPSA) is 29.3 Å². The van der Waals surface area contributed by atoms with Crippen LogP contribution in [0.15, 0.2) is 24.3 Å². The third kappa shape index (κ3) is 4.80. The second-order valence-electron chi connectivity index (χ2n) is 6.35. The Morgan fingerprint density at radius 3 is 2.25 bits per heavy atom. The Labute approximate surface area is 118 Å². The standard InChI is InChI=1S/C15H23F3N2/c1-14(2,3)10-20(4)13(9-19)11-6-5-7-12(8-11)15(16,17)18/h5-8,13H,9-10,19H2,1-4H3. The molecular formula is C15H23F3N2. The van der Waals surface area contributed by atoms with Gasteiger partial charge < -0.3 is 5.73 Å². The summed E-state index contributed by atoms with van der Waals surface area (Å²) in [7, 11) is 1.89. The third-order valence-corrected chi connectivity index (χ3v) is 3.08. The number of nitrogens with zero attached hydrogens (tertiary/aromatic N) is 1. The van der Waals surface area contributed by atoms with Crippen LogP contribution in [0, 0.1) is 5.41 Å². The first-order valence-corrected chi connectivity index (χ1v) is 6.62. The third-order valence-electron chi connectivity index (χ3n) is 3.08. The van der Waals surface area contributed by atoms with Gasteiger partial charge in [0, 0.05) is 19.1 Å². The van der Waals surface area contributed by atoms with Gasteiger partial charge in [0.1, 0.15) is 0 Å². The summed E-state index contributed by atoms with van der Waals surface area (Å²) in [6.07, 6.45) is -4.32. The minimum Gasteiger partial charge on any atom is -0.329 e. The maximum atomic E-state index is 12.8. The fourth-order valence-corrected chi connectivity index (χ4v) is 2.35. The quantitative estimate of drug-likeness (QED) is 0.915. The molecule has 1 unspecified atom stereocenters. The van der Waals surface area contributed by atoms with Crippen molar-refractivity contribution in [2.24, 2.45) is 11.1 Å². The van der Waals surface area contributed by atoms with Crippen LogP contribution in [0.5, 0.6) is 0 Å². The van der Waals surface area contributed by atoms with Crippen molar-refractivity contribution in [2.45, 2.75) is 33.0 Å². The SMILES string of the molecule is CN(CC(C)(C)C)C(CN)c1cccc(C(F)(F)F)c1. The average Bonchev–Trinajstić information content (AvgIpc) is 2.26. The van der Waals surface area contributed by atoms with Crippen LogP contribution in [0.4, 0.5) is 13.2 Å². The minimum absolute atomic E-state index is 0.0593. The van der Waals surface area contributed by atoms with Crippen molar-refractivity contribution in [3.8, 4) is 0 Å². The molecule has 2 nitrogen and oxygen atoms in total. The van der Waals surface area contributed by atoms with E-state index in [0.717, 1.165) is 12.6 Å². The van der Waals surface area contributed by atoms with Crippen LogP contribution < -0.4 is 5.73 Å². The Morgan fingerprint density at radius 2 is 1.80 bits per heavy atom. The Kier molecular flexibility index (Phi) is 5.21. The van der Waals surface area contributed by atoms with E-state index in [1.807, 2.05) is 11.9 Å². The summed E-state index contributed by atoms with van der Waals surface area (Å²) in [5.74, 6) is 0. The predicted octanol–water partition coefficient (Wildman–Crippen LogP) is 3.68. The maximum Gasteiger partial charge on any atom is 0.416 e. The summed E-state index contributed by atoms with van der Waals surface area (Å²) in [6, 6.07) is 5.20. The van der Waals surface area contributed by atoms with Gasteiger partial charge in [-0.3, -0.25) is 4.90 Å². The Balaban J connectivity index is 3.01. The molecule has 1 aromatic carbocycles. The van der Waals surface area contributed by atoms with Gasteiger partial charge in [0.25, 0.3) is 0 Å². The lowest BCUT2D eigenvalue weighted by atomic mass is 9.94. The monoisotopic (exact) mass is 288 g/mol. The minimum atomic E-state index is -4.32. The number of nitrogens with two attached hydrogens (primary N) is 1. The Morgan fingerprint density at radius 1 is 1.20 bits per heavy atom. The zero-order valence-electron chi connectivity index (χ0n) is 12.5. The van der Waals surface area contributed by atoms with E-state index in [-0.39, 0.29) is 18.0 Å². The van der Waals surface area contributed by atoms with Crippen LogP contribution in [0.3, 0.4) is 0 Å². The molecule has 0 aromatic heterocycles. The van der Waals surface area contributed by atoms with Crippen LogP contribution in [0.2, 0.25) is 0 Å². The van der Waals surface area contributed by atoms with Gasteiger partial charge in [-0.2, -0.15) is 13.2 Å². The second-order valence-corrected chi connectivity index (χ2v) is 6.35. The van der Waals surface area contributed by atoms with Crippen LogP contribution in [-0.2, 0) is 6.18 Å². The zero-order valence-corrected chi connectivity index (χ0v) is 12.5. The molecule has 0 aliphatic carbocycles. The number of hydrogen-bond donors (Lipinski definition) is 1. The molecular weight excluding hydrogens is 265 g/mol. The highest BCUT2D eigenvalue weighted by molar-refractivity contribution is 5.28. The van der Waals surface area contributed by atoms with Gasteiger partial charge in [-0.15, -0.1) is 0 Å². The first kappa shape index (κ1) is 17.0. The molecule has 20 heavy (non-hydrogen) atoms. The lowest BCUT2D eigenvalue weighted by Crippen LogP contribution is -2.36. The van der Waals surface area contributed by atoms with Crippen LogP contribution in [0.1, 0.15) is 37.9 Å². The summed E-state index contributed by atoms with van der Waals surface area (Å²) in [4.78, 5) is 2.01. The van der Waals surface area contributed by atoms with Crippen molar-refractivity contribution in [3.05, 3.63) is 35.4 Å². The second kappa shape index (κ2) is 6.14. The smallest absolute Gasteiger partial charge is 0.329 e. The van der Waals surface area contributed by atoms with Crippen LogP contribution >= 0.6 is 0 Å². The Hall–Kier alpha value is -1.07. The molecule has 114 valence electrons. The van der Waals surface area contributed by atoms with Crippen molar-refractivity contribution in [2.75, 3.05) is 20.1 Å². The molecule has 0 bridgehead atoms. The van der Waals surface area contributed by atoms with Gasteiger partial charge in [-0.25, -0.2) is 0 Å². The van der Waals surface area contributed by atoms with E-state index in [1.165, 1.54) is 12.1 Å². The van der Waals surface area contributed by atoms with E-state index in [1.54, 1.807) is 6.07 Å². The van der Waals surface area contributed by atoms with E-state index in [4.69, 9.17) is 5.73 Å². The van der Waals surface area contributed by atoms with Gasteiger partial charge in [-0.05, 0) is 30.2 Å². The normalized spacial score (nSPS) is 14.7. The number of halogens is 3. The molecule has 5 heteroatoms. The van der Waals surface area contributed by atoms with Gasteiger partial charge in [-0.1, -0.05) is 32.9 Å². The predicted molar refractivity (Wildman–Crippen MR) is 75.3 cm³/mol. The molecule has 0 saturated heterocycles. The van der Waals surface area contributed by atoms with E-state index in [2.05, 4.69) is 20.8 Å². The highest BCUT2D eigenvalue weighted by Gasteiger charge is 2.31. The number of rotatable bonds is 4. The highest BCUT2D eigenvalue weighted by atomic mass is 19.4. The van der Waals surface area contributed by atoms with E-state index < -0.39 is 11.7 Å². The molecule has 1 atom stereocenters. The lowest BCUT2D eigenvalue weighted by molar-refractivity contribution is -0.137. The molecule has 0 amide bonds. The molecule has 0 saturated carbocycles. The first-order valence-electron chi connectivity index (χ1n) is 6.62. The summed E-state index contributed by atoms with van der Waals surface area (Å²) < 4.78 is 38.3. The van der Waals surface area contributed by atoms with Gasteiger partial charge in [0.2, 0.25) is 0 Å².